The molecule has 1 N–H and O–H groups in total. The lowest BCUT2D eigenvalue weighted by molar-refractivity contribution is 0.199. The molecule has 1 fully saturated rings. The molecule has 0 spiro atoms. The van der Waals surface area contributed by atoms with Crippen molar-refractivity contribution in [2.24, 2.45) is 5.92 Å². The molecule has 1 atom stereocenters. The summed E-state index contributed by atoms with van der Waals surface area (Å²) < 4.78 is 0. The maximum atomic E-state index is 9.87. The second-order valence-electron chi connectivity index (χ2n) is 5.76. The molecule has 0 saturated heterocycles. The van der Waals surface area contributed by atoms with Gasteiger partial charge in [0.15, 0.2) is 0 Å². The zero-order chi connectivity index (χ0) is 13.1. The Kier molecular flexibility index (Phi) is 4.28. The van der Waals surface area contributed by atoms with E-state index in [4.69, 9.17) is 0 Å². The lowest BCUT2D eigenvalue weighted by Gasteiger charge is -2.36. The van der Waals surface area contributed by atoms with Gasteiger partial charge in [-0.1, -0.05) is 25.1 Å². The molecule has 0 radical (unpaired) electrons. The first-order chi connectivity index (χ1) is 8.59. The van der Waals surface area contributed by atoms with Gasteiger partial charge < -0.3 is 10.0 Å². The van der Waals surface area contributed by atoms with Crippen LogP contribution in [0.15, 0.2) is 24.3 Å². The number of benzene rings is 1. The molecule has 100 valence electrons. The Bertz CT molecular complexity index is 380. The highest BCUT2D eigenvalue weighted by Crippen LogP contribution is 2.32. The van der Waals surface area contributed by atoms with Gasteiger partial charge >= 0.3 is 0 Å². The lowest BCUT2D eigenvalue weighted by Crippen LogP contribution is -2.35. The molecule has 0 heterocycles. The summed E-state index contributed by atoms with van der Waals surface area (Å²) in [6.07, 6.45) is 4.79. The largest absolute Gasteiger partial charge is 0.389 e. The number of rotatable bonds is 3. The van der Waals surface area contributed by atoms with Crippen molar-refractivity contribution < 1.29 is 5.11 Å². The van der Waals surface area contributed by atoms with Gasteiger partial charge in [-0.15, -0.1) is 0 Å². The van der Waals surface area contributed by atoms with Gasteiger partial charge in [-0.05, 0) is 44.6 Å². The number of aliphatic hydroxyl groups is 1. The number of aliphatic hydroxyl groups excluding tert-OH is 1. The van der Waals surface area contributed by atoms with Crippen molar-refractivity contribution in [1.29, 1.82) is 0 Å². The molecule has 0 amide bonds. The van der Waals surface area contributed by atoms with Crippen molar-refractivity contribution in [3.05, 3.63) is 29.8 Å². The van der Waals surface area contributed by atoms with Crippen LogP contribution in [0.5, 0.6) is 0 Å². The SMILES string of the molecule is CC1CCC(N(C)c2ccccc2[C@@H](C)O)CC1. The Balaban J connectivity index is 2.15. The third-order valence-electron chi connectivity index (χ3n) is 4.30. The highest BCUT2D eigenvalue weighted by Gasteiger charge is 2.23. The summed E-state index contributed by atoms with van der Waals surface area (Å²) in [6.45, 7) is 4.19. The maximum absolute atomic E-state index is 9.87. The minimum Gasteiger partial charge on any atom is -0.389 e. The maximum Gasteiger partial charge on any atom is 0.0781 e. The number of hydrogen-bond donors (Lipinski definition) is 1. The number of para-hydroxylation sites is 1. The first-order valence-corrected chi connectivity index (χ1v) is 7.09. The van der Waals surface area contributed by atoms with E-state index in [0.29, 0.717) is 6.04 Å². The monoisotopic (exact) mass is 247 g/mol. The molecular formula is C16H25NO. The molecule has 0 bridgehead atoms. The summed E-state index contributed by atoms with van der Waals surface area (Å²) in [5, 5.41) is 9.87. The topological polar surface area (TPSA) is 23.5 Å². The summed E-state index contributed by atoms with van der Waals surface area (Å²) in [4.78, 5) is 2.37. The molecule has 1 aromatic rings. The molecule has 2 nitrogen and oxygen atoms in total. The fraction of sp³-hybridized carbons (Fsp3) is 0.625. The van der Waals surface area contributed by atoms with E-state index >= 15 is 0 Å². The highest BCUT2D eigenvalue weighted by molar-refractivity contribution is 5.54. The Morgan fingerprint density at radius 2 is 1.78 bits per heavy atom. The molecule has 18 heavy (non-hydrogen) atoms. The number of nitrogens with zero attached hydrogens (tertiary/aromatic N) is 1. The zero-order valence-electron chi connectivity index (χ0n) is 11.8. The van der Waals surface area contributed by atoms with Crippen LogP contribution in [0.1, 0.15) is 51.2 Å². The van der Waals surface area contributed by atoms with Crippen LogP contribution in [-0.4, -0.2) is 18.2 Å². The van der Waals surface area contributed by atoms with E-state index in [2.05, 4.69) is 31.0 Å². The average Bonchev–Trinajstić information content (AvgIpc) is 2.39. The Morgan fingerprint density at radius 1 is 1.17 bits per heavy atom. The number of anilines is 1. The van der Waals surface area contributed by atoms with Crippen molar-refractivity contribution in [2.75, 3.05) is 11.9 Å². The molecule has 2 rings (SSSR count). The first kappa shape index (κ1) is 13.4. The van der Waals surface area contributed by atoms with E-state index in [-0.39, 0.29) is 0 Å². The van der Waals surface area contributed by atoms with Gasteiger partial charge in [0.1, 0.15) is 0 Å². The molecule has 2 heteroatoms. The summed E-state index contributed by atoms with van der Waals surface area (Å²) >= 11 is 0. The minimum absolute atomic E-state index is 0.397. The highest BCUT2D eigenvalue weighted by atomic mass is 16.3. The second kappa shape index (κ2) is 5.75. The van der Waals surface area contributed by atoms with Crippen LogP contribution < -0.4 is 4.90 Å². The molecule has 1 aromatic carbocycles. The van der Waals surface area contributed by atoms with Gasteiger partial charge in [-0.3, -0.25) is 0 Å². The molecule has 0 aliphatic heterocycles. The average molecular weight is 247 g/mol. The molecule has 0 aromatic heterocycles. The normalized spacial score (nSPS) is 25.8. The van der Waals surface area contributed by atoms with Crippen LogP contribution in [0.25, 0.3) is 0 Å². The fourth-order valence-corrected chi connectivity index (χ4v) is 2.99. The predicted octanol–water partition coefficient (Wildman–Crippen LogP) is 3.75. The quantitative estimate of drug-likeness (QED) is 0.879. The van der Waals surface area contributed by atoms with Gasteiger partial charge in [-0.25, -0.2) is 0 Å². The smallest absolute Gasteiger partial charge is 0.0781 e. The van der Waals surface area contributed by atoms with Crippen LogP contribution >= 0.6 is 0 Å². The van der Waals surface area contributed by atoms with Gasteiger partial charge in [0.2, 0.25) is 0 Å². The van der Waals surface area contributed by atoms with E-state index in [9.17, 15) is 5.11 Å². The summed E-state index contributed by atoms with van der Waals surface area (Å²) in [7, 11) is 2.17. The third-order valence-corrected chi connectivity index (χ3v) is 4.30. The van der Waals surface area contributed by atoms with Crippen molar-refractivity contribution in [1.82, 2.24) is 0 Å². The van der Waals surface area contributed by atoms with Crippen LogP contribution in [-0.2, 0) is 0 Å². The summed E-state index contributed by atoms with van der Waals surface area (Å²) in [6, 6.07) is 8.84. The fourth-order valence-electron chi connectivity index (χ4n) is 2.99. The van der Waals surface area contributed by atoms with Crippen LogP contribution in [0.2, 0.25) is 0 Å². The van der Waals surface area contributed by atoms with E-state index < -0.39 is 6.10 Å². The Hall–Kier alpha value is -1.02. The molecule has 0 unspecified atom stereocenters. The van der Waals surface area contributed by atoms with Crippen molar-refractivity contribution in [2.45, 2.75) is 51.7 Å². The van der Waals surface area contributed by atoms with Crippen LogP contribution in [0.4, 0.5) is 5.69 Å². The Morgan fingerprint density at radius 3 is 2.39 bits per heavy atom. The van der Waals surface area contributed by atoms with Crippen molar-refractivity contribution >= 4 is 5.69 Å². The second-order valence-corrected chi connectivity index (χ2v) is 5.76. The minimum atomic E-state index is -0.397. The van der Waals surface area contributed by atoms with Gasteiger partial charge in [0.05, 0.1) is 6.10 Å². The van der Waals surface area contributed by atoms with E-state index in [0.717, 1.165) is 11.5 Å². The van der Waals surface area contributed by atoms with Crippen molar-refractivity contribution in [3.63, 3.8) is 0 Å². The third kappa shape index (κ3) is 2.86. The molecule has 1 aliphatic carbocycles. The number of hydrogen-bond acceptors (Lipinski definition) is 2. The van der Waals surface area contributed by atoms with E-state index in [1.165, 1.54) is 31.4 Å². The van der Waals surface area contributed by atoms with Gasteiger partial charge in [0.25, 0.3) is 0 Å². The van der Waals surface area contributed by atoms with E-state index in [1.807, 2.05) is 19.1 Å². The van der Waals surface area contributed by atoms with E-state index in [1.54, 1.807) is 0 Å². The van der Waals surface area contributed by atoms with Crippen LogP contribution in [0.3, 0.4) is 0 Å². The van der Waals surface area contributed by atoms with Crippen molar-refractivity contribution in [3.8, 4) is 0 Å². The van der Waals surface area contributed by atoms with Gasteiger partial charge in [-0.2, -0.15) is 0 Å². The van der Waals surface area contributed by atoms with Crippen LogP contribution in [0, 0.1) is 5.92 Å². The standard InChI is InChI=1S/C16H25NO/c1-12-8-10-14(11-9-12)17(3)16-7-5-4-6-15(16)13(2)18/h4-7,12-14,18H,8-11H2,1-3H3/t12?,13-,14?/m1/s1. The Labute approximate surface area is 111 Å². The predicted molar refractivity (Wildman–Crippen MR) is 76.9 cm³/mol. The summed E-state index contributed by atoms with van der Waals surface area (Å²) in [5.74, 6) is 0.877. The first-order valence-electron chi connectivity index (χ1n) is 7.09. The molecule has 1 saturated carbocycles. The zero-order valence-corrected chi connectivity index (χ0v) is 11.8. The lowest BCUT2D eigenvalue weighted by atomic mass is 9.86. The summed E-state index contributed by atoms with van der Waals surface area (Å²) in [5.41, 5.74) is 2.23. The molecular weight excluding hydrogens is 222 g/mol. The van der Waals surface area contributed by atoms with Gasteiger partial charge in [0, 0.05) is 24.3 Å². The molecule has 1 aliphatic rings.